The molecular weight excluding hydrogens is 344 g/mol. The molecule has 0 spiro atoms. The highest BCUT2D eigenvalue weighted by molar-refractivity contribution is 8.00. The molecule has 2 N–H and O–H groups in total. The van der Waals surface area contributed by atoms with Crippen LogP contribution < -0.4 is 10.0 Å². The zero-order valence-electron chi connectivity index (χ0n) is 14.4. The molecule has 0 aromatic heterocycles. The normalized spacial score (nSPS) is 18.5. The van der Waals surface area contributed by atoms with E-state index in [-0.39, 0.29) is 9.64 Å². The molecule has 6 nitrogen and oxygen atoms in total. The predicted molar refractivity (Wildman–Crippen MR) is 101 cm³/mol. The molecule has 8 heteroatoms. The maximum atomic E-state index is 12.2. The highest BCUT2D eigenvalue weighted by atomic mass is 32.2. The number of nitrogens with zero attached hydrogens (tertiary/aromatic N) is 2. The monoisotopic (exact) mass is 370 g/mol. The van der Waals surface area contributed by atoms with Crippen molar-refractivity contribution < 1.29 is 8.42 Å². The topological polar surface area (TPSA) is 73.8 Å². The number of aliphatic imine (C=N–C) groups is 1. The molecule has 24 heavy (non-hydrogen) atoms. The molecule has 1 fully saturated rings. The molecule has 1 heterocycles. The minimum atomic E-state index is -3.46. The van der Waals surface area contributed by atoms with Crippen molar-refractivity contribution in [1.29, 1.82) is 0 Å². The molecule has 0 atom stereocenters. The van der Waals surface area contributed by atoms with Crippen molar-refractivity contribution >= 4 is 27.7 Å². The summed E-state index contributed by atoms with van der Waals surface area (Å²) in [5, 5.41) is 3.24. The Bertz CT molecular complexity index is 660. The summed E-state index contributed by atoms with van der Waals surface area (Å²) >= 11 is 1.97. The summed E-state index contributed by atoms with van der Waals surface area (Å²) in [6, 6.07) is 8.39. The summed E-state index contributed by atoms with van der Waals surface area (Å²) < 4.78 is 27.1. The predicted octanol–water partition coefficient (Wildman–Crippen LogP) is 1.37. The highest BCUT2D eigenvalue weighted by Gasteiger charge is 2.28. The van der Waals surface area contributed by atoms with Crippen LogP contribution in [0.3, 0.4) is 0 Å². The van der Waals surface area contributed by atoms with Gasteiger partial charge in [0, 0.05) is 43.7 Å². The van der Waals surface area contributed by atoms with Gasteiger partial charge in [0.1, 0.15) is 0 Å². The van der Waals surface area contributed by atoms with Crippen LogP contribution in [0.2, 0.25) is 0 Å². The molecule has 0 aliphatic carbocycles. The van der Waals surface area contributed by atoms with Crippen LogP contribution in [0.5, 0.6) is 0 Å². The van der Waals surface area contributed by atoms with E-state index in [9.17, 15) is 8.42 Å². The van der Waals surface area contributed by atoms with Gasteiger partial charge in [-0.1, -0.05) is 18.2 Å². The number of rotatable bonds is 5. The number of nitrogens with one attached hydrogen (secondary N) is 2. The van der Waals surface area contributed by atoms with Crippen molar-refractivity contribution in [3.8, 4) is 0 Å². The molecular formula is C16H26N4O2S2. The van der Waals surface area contributed by atoms with E-state index in [0.717, 1.165) is 24.8 Å². The number of hydrogen-bond acceptors (Lipinski definition) is 4. The quantitative estimate of drug-likeness (QED) is 0.465. The molecule has 0 saturated carbocycles. The molecule has 1 aromatic carbocycles. The Labute approximate surface area is 149 Å². The van der Waals surface area contributed by atoms with Crippen LogP contribution in [0.25, 0.3) is 0 Å². The Kier molecular flexibility index (Phi) is 6.54. The standard InChI is InChI=1S/C16H26N4O2S2/c1-16(2)13-20(11-12-23-16)15(17-3)18-9-10-19-24(21,22)14-7-5-4-6-8-14/h4-8,19H,9-13H2,1-3H3,(H,17,18). The lowest BCUT2D eigenvalue weighted by Gasteiger charge is -2.39. The summed E-state index contributed by atoms with van der Waals surface area (Å²) in [4.78, 5) is 6.82. The van der Waals surface area contributed by atoms with E-state index in [4.69, 9.17) is 0 Å². The first-order valence-electron chi connectivity index (χ1n) is 7.98. The first-order valence-corrected chi connectivity index (χ1v) is 10.5. The van der Waals surface area contributed by atoms with Gasteiger partial charge in [-0.05, 0) is 26.0 Å². The summed E-state index contributed by atoms with van der Waals surface area (Å²) in [5.41, 5.74) is 0. The average Bonchev–Trinajstić information content (AvgIpc) is 2.55. The van der Waals surface area contributed by atoms with Crippen molar-refractivity contribution in [3.63, 3.8) is 0 Å². The van der Waals surface area contributed by atoms with Gasteiger partial charge in [-0.15, -0.1) is 0 Å². The number of sulfonamides is 1. The zero-order chi connectivity index (χ0) is 17.6. The Balaban J connectivity index is 1.82. The van der Waals surface area contributed by atoms with Crippen molar-refractivity contribution in [2.45, 2.75) is 23.5 Å². The maximum absolute atomic E-state index is 12.2. The lowest BCUT2D eigenvalue weighted by atomic mass is 10.2. The second kappa shape index (κ2) is 8.22. The molecule has 0 bridgehead atoms. The fraction of sp³-hybridized carbons (Fsp3) is 0.562. The lowest BCUT2D eigenvalue weighted by molar-refractivity contribution is 0.376. The first-order chi connectivity index (χ1) is 11.3. The zero-order valence-corrected chi connectivity index (χ0v) is 16.1. The molecule has 0 unspecified atom stereocenters. The number of benzene rings is 1. The molecule has 1 aliphatic rings. The molecule has 0 amide bonds. The Morgan fingerprint density at radius 1 is 1.29 bits per heavy atom. The van der Waals surface area contributed by atoms with Crippen LogP contribution in [0.15, 0.2) is 40.2 Å². The maximum Gasteiger partial charge on any atom is 0.240 e. The van der Waals surface area contributed by atoms with Crippen LogP contribution in [0, 0.1) is 0 Å². The van der Waals surface area contributed by atoms with E-state index in [1.807, 2.05) is 11.8 Å². The fourth-order valence-corrected chi connectivity index (χ4v) is 4.74. The van der Waals surface area contributed by atoms with Crippen molar-refractivity contribution in [2.24, 2.45) is 4.99 Å². The van der Waals surface area contributed by atoms with E-state index in [1.165, 1.54) is 0 Å². The van der Waals surface area contributed by atoms with Gasteiger partial charge >= 0.3 is 0 Å². The SMILES string of the molecule is CN=C(NCCNS(=O)(=O)c1ccccc1)N1CCSC(C)(C)C1. The minimum Gasteiger partial charge on any atom is -0.355 e. The van der Waals surface area contributed by atoms with E-state index < -0.39 is 10.0 Å². The molecule has 0 radical (unpaired) electrons. The Morgan fingerprint density at radius 3 is 2.62 bits per heavy atom. The van der Waals surface area contributed by atoms with Crippen LogP contribution in [0.4, 0.5) is 0 Å². The van der Waals surface area contributed by atoms with Gasteiger partial charge in [-0.3, -0.25) is 4.99 Å². The van der Waals surface area contributed by atoms with Gasteiger partial charge in [0.25, 0.3) is 0 Å². The van der Waals surface area contributed by atoms with E-state index in [0.29, 0.717) is 13.1 Å². The smallest absolute Gasteiger partial charge is 0.240 e. The van der Waals surface area contributed by atoms with E-state index in [2.05, 4.69) is 33.8 Å². The second-order valence-corrected chi connectivity index (χ2v) is 9.78. The number of thioether (sulfide) groups is 1. The number of hydrogen-bond donors (Lipinski definition) is 2. The van der Waals surface area contributed by atoms with Gasteiger partial charge < -0.3 is 10.2 Å². The van der Waals surface area contributed by atoms with Crippen LogP contribution in [0.1, 0.15) is 13.8 Å². The third kappa shape index (κ3) is 5.39. The molecule has 2 rings (SSSR count). The molecule has 134 valence electrons. The minimum absolute atomic E-state index is 0.199. The third-order valence-corrected chi connectivity index (χ3v) is 6.46. The van der Waals surface area contributed by atoms with Crippen LogP contribution >= 0.6 is 11.8 Å². The Hall–Kier alpha value is -1.25. The highest BCUT2D eigenvalue weighted by Crippen LogP contribution is 2.29. The van der Waals surface area contributed by atoms with Gasteiger partial charge in [0.05, 0.1) is 4.90 Å². The largest absolute Gasteiger partial charge is 0.355 e. The van der Waals surface area contributed by atoms with Gasteiger partial charge in [-0.2, -0.15) is 11.8 Å². The summed E-state index contributed by atoms with van der Waals surface area (Å²) in [5.74, 6) is 1.89. The average molecular weight is 371 g/mol. The van der Waals surface area contributed by atoms with E-state index >= 15 is 0 Å². The molecule has 1 aliphatic heterocycles. The first kappa shape index (κ1) is 19.1. The van der Waals surface area contributed by atoms with Crippen LogP contribution in [-0.4, -0.2) is 63.0 Å². The van der Waals surface area contributed by atoms with Gasteiger partial charge in [0.2, 0.25) is 10.0 Å². The third-order valence-electron chi connectivity index (χ3n) is 3.69. The summed E-state index contributed by atoms with van der Waals surface area (Å²) in [6.07, 6.45) is 0. The lowest BCUT2D eigenvalue weighted by Crippen LogP contribution is -2.51. The molecule has 1 aromatic rings. The van der Waals surface area contributed by atoms with Crippen molar-refractivity contribution in [3.05, 3.63) is 30.3 Å². The van der Waals surface area contributed by atoms with Crippen LogP contribution in [-0.2, 0) is 10.0 Å². The number of guanidine groups is 1. The molecule has 1 saturated heterocycles. The van der Waals surface area contributed by atoms with Crippen molar-refractivity contribution in [1.82, 2.24) is 14.9 Å². The van der Waals surface area contributed by atoms with E-state index in [1.54, 1.807) is 37.4 Å². The van der Waals surface area contributed by atoms with Gasteiger partial charge in [-0.25, -0.2) is 13.1 Å². The Morgan fingerprint density at radius 2 is 2.00 bits per heavy atom. The summed E-state index contributed by atoms with van der Waals surface area (Å²) in [7, 11) is -1.70. The van der Waals surface area contributed by atoms with Gasteiger partial charge in [0.15, 0.2) is 5.96 Å². The fourth-order valence-electron chi connectivity index (χ4n) is 2.57. The second-order valence-electron chi connectivity index (χ2n) is 6.21. The van der Waals surface area contributed by atoms with Crippen molar-refractivity contribution in [2.75, 3.05) is 39.0 Å². The summed E-state index contributed by atoms with van der Waals surface area (Å²) in [6.45, 7) is 7.12.